The van der Waals surface area contributed by atoms with Gasteiger partial charge in [-0.05, 0) is 43.4 Å². The van der Waals surface area contributed by atoms with Gasteiger partial charge in [0.25, 0.3) is 0 Å². The van der Waals surface area contributed by atoms with E-state index in [4.69, 9.17) is 15.2 Å². The number of benzene rings is 1. The molecule has 5 nitrogen and oxygen atoms in total. The van der Waals surface area contributed by atoms with Crippen LogP contribution in [0.1, 0.15) is 39.2 Å². The third-order valence-electron chi connectivity index (χ3n) is 4.47. The quantitative estimate of drug-likeness (QED) is 0.372. The maximum absolute atomic E-state index is 6.03. The van der Waals surface area contributed by atoms with Crippen molar-refractivity contribution in [2.45, 2.75) is 39.0 Å². The molecule has 1 aromatic carbocycles. The van der Waals surface area contributed by atoms with Crippen LogP contribution in [0.15, 0.2) is 29.3 Å². The number of halogens is 1. The summed E-state index contributed by atoms with van der Waals surface area (Å²) in [4.78, 5) is 4.62. The molecule has 1 fully saturated rings. The fourth-order valence-corrected chi connectivity index (χ4v) is 2.97. The van der Waals surface area contributed by atoms with Crippen LogP contribution in [0.4, 0.5) is 0 Å². The summed E-state index contributed by atoms with van der Waals surface area (Å²) < 4.78 is 11.1. The molecule has 6 heteroatoms. The number of nitrogens with one attached hydrogen (secondary N) is 1. The molecule has 1 heterocycles. The summed E-state index contributed by atoms with van der Waals surface area (Å²) in [7, 11) is 0. The lowest BCUT2D eigenvalue weighted by molar-refractivity contribution is 0.0531. The van der Waals surface area contributed by atoms with E-state index in [-0.39, 0.29) is 29.4 Å². The smallest absolute Gasteiger partial charge is 0.188 e. The van der Waals surface area contributed by atoms with Gasteiger partial charge in [-0.25, -0.2) is 0 Å². The average molecular weight is 461 g/mol. The van der Waals surface area contributed by atoms with Gasteiger partial charge in [-0.2, -0.15) is 0 Å². The third-order valence-corrected chi connectivity index (χ3v) is 4.47. The van der Waals surface area contributed by atoms with E-state index >= 15 is 0 Å². The third kappa shape index (κ3) is 6.66. The first kappa shape index (κ1) is 22.0. The first-order chi connectivity index (χ1) is 11.6. The van der Waals surface area contributed by atoms with Crippen molar-refractivity contribution in [2.75, 3.05) is 32.9 Å². The Morgan fingerprint density at radius 1 is 1.28 bits per heavy atom. The molecule has 1 saturated heterocycles. The molecule has 0 atom stereocenters. The highest BCUT2D eigenvalue weighted by Gasteiger charge is 2.34. The van der Waals surface area contributed by atoms with Gasteiger partial charge >= 0.3 is 0 Å². The van der Waals surface area contributed by atoms with Crippen LogP contribution in [-0.4, -0.2) is 38.9 Å². The maximum atomic E-state index is 6.03. The first-order valence-corrected chi connectivity index (χ1v) is 8.90. The van der Waals surface area contributed by atoms with Gasteiger partial charge in [-0.15, -0.1) is 24.0 Å². The minimum atomic E-state index is -0.00682. The highest BCUT2D eigenvalue weighted by atomic mass is 127. The van der Waals surface area contributed by atoms with Gasteiger partial charge in [0.05, 0.1) is 13.2 Å². The van der Waals surface area contributed by atoms with Crippen molar-refractivity contribution >= 4 is 29.9 Å². The van der Waals surface area contributed by atoms with Crippen molar-refractivity contribution in [2.24, 2.45) is 16.6 Å². The van der Waals surface area contributed by atoms with Gasteiger partial charge in [0, 0.05) is 25.2 Å². The van der Waals surface area contributed by atoms with Gasteiger partial charge in [0.1, 0.15) is 5.75 Å². The molecule has 0 unspecified atom stereocenters. The Bertz CT molecular complexity index is 526. The Balaban J connectivity index is 0.00000312. The molecule has 0 aromatic heterocycles. The van der Waals surface area contributed by atoms with E-state index in [2.05, 4.69) is 36.3 Å². The molecule has 1 aromatic rings. The van der Waals surface area contributed by atoms with E-state index in [0.717, 1.165) is 38.3 Å². The summed E-state index contributed by atoms with van der Waals surface area (Å²) in [5.41, 5.74) is 7.31. The van der Waals surface area contributed by atoms with Gasteiger partial charge in [-0.3, -0.25) is 4.99 Å². The highest BCUT2D eigenvalue weighted by Crippen LogP contribution is 2.36. The minimum Gasteiger partial charge on any atom is -0.494 e. The monoisotopic (exact) mass is 461 g/mol. The Morgan fingerprint density at radius 3 is 2.48 bits per heavy atom. The van der Waals surface area contributed by atoms with Crippen molar-refractivity contribution in [3.63, 3.8) is 0 Å². The number of aliphatic imine (C=N–C) groups is 1. The fraction of sp³-hybridized carbons (Fsp3) is 0.632. The molecular weight excluding hydrogens is 429 g/mol. The largest absolute Gasteiger partial charge is 0.494 e. The van der Waals surface area contributed by atoms with E-state index in [9.17, 15) is 0 Å². The Hall–Kier alpha value is -1.02. The van der Waals surface area contributed by atoms with Gasteiger partial charge in [0.15, 0.2) is 5.96 Å². The van der Waals surface area contributed by atoms with Gasteiger partial charge in [-0.1, -0.05) is 26.0 Å². The number of ether oxygens (including phenoxy) is 2. The molecule has 0 bridgehead atoms. The number of nitrogens with zero attached hydrogens (tertiary/aromatic N) is 1. The van der Waals surface area contributed by atoms with Crippen molar-refractivity contribution in [3.8, 4) is 5.75 Å². The molecule has 0 spiro atoms. The lowest BCUT2D eigenvalue weighted by Gasteiger charge is -2.36. The second-order valence-corrected chi connectivity index (χ2v) is 6.83. The summed E-state index contributed by atoms with van der Waals surface area (Å²) in [5, 5.41) is 3.19. The van der Waals surface area contributed by atoms with E-state index < -0.39 is 0 Å². The van der Waals surface area contributed by atoms with E-state index in [1.807, 2.05) is 19.1 Å². The zero-order valence-corrected chi connectivity index (χ0v) is 17.9. The van der Waals surface area contributed by atoms with E-state index in [1.54, 1.807) is 0 Å². The maximum Gasteiger partial charge on any atom is 0.188 e. The summed E-state index contributed by atoms with van der Waals surface area (Å²) in [6.07, 6.45) is 1.92. The number of nitrogens with two attached hydrogens (primary N) is 1. The molecule has 0 amide bonds. The lowest BCUT2D eigenvalue weighted by atomic mass is 9.74. The predicted octanol–water partition coefficient (Wildman–Crippen LogP) is 3.31. The zero-order chi connectivity index (χ0) is 17.4. The molecule has 0 radical (unpaired) electrons. The number of guanidine groups is 1. The van der Waals surface area contributed by atoms with Crippen LogP contribution >= 0.6 is 24.0 Å². The lowest BCUT2D eigenvalue weighted by Crippen LogP contribution is -2.40. The molecule has 1 aliphatic rings. The van der Waals surface area contributed by atoms with Crippen LogP contribution < -0.4 is 15.8 Å². The van der Waals surface area contributed by atoms with E-state index in [0.29, 0.717) is 25.0 Å². The molecule has 25 heavy (non-hydrogen) atoms. The van der Waals surface area contributed by atoms with Crippen LogP contribution in [0.25, 0.3) is 0 Å². The van der Waals surface area contributed by atoms with Gasteiger partial charge in [0.2, 0.25) is 0 Å². The highest BCUT2D eigenvalue weighted by molar-refractivity contribution is 14.0. The molecule has 142 valence electrons. The number of hydrogen-bond donors (Lipinski definition) is 2. The van der Waals surface area contributed by atoms with Crippen molar-refractivity contribution in [3.05, 3.63) is 29.8 Å². The zero-order valence-electron chi connectivity index (χ0n) is 15.6. The molecular formula is C19H32IN3O2. The predicted molar refractivity (Wildman–Crippen MR) is 114 cm³/mol. The summed E-state index contributed by atoms with van der Waals surface area (Å²) >= 11 is 0. The summed E-state index contributed by atoms with van der Waals surface area (Å²) in [6.45, 7) is 10.0. The van der Waals surface area contributed by atoms with Crippen LogP contribution in [0.2, 0.25) is 0 Å². The molecule has 2 rings (SSSR count). The van der Waals surface area contributed by atoms with Crippen LogP contribution in [0, 0.1) is 5.92 Å². The van der Waals surface area contributed by atoms with Crippen molar-refractivity contribution in [1.82, 2.24) is 5.32 Å². The minimum absolute atomic E-state index is 0. The SMILES string of the molecule is CCOc1ccc(C2(CN=C(N)NCC(C)C)CCOCC2)cc1.I. The summed E-state index contributed by atoms with van der Waals surface area (Å²) in [5.74, 6) is 1.98. The Labute approximate surface area is 168 Å². The second kappa shape index (κ2) is 10.9. The molecule has 0 saturated carbocycles. The van der Waals surface area contributed by atoms with Crippen LogP contribution in [0.3, 0.4) is 0 Å². The topological polar surface area (TPSA) is 68.9 Å². The van der Waals surface area contributed by atoms with E-state index in [1.165, 1.54) is 5.56 Å². The fourth-order valence-electron chi connectivity index (χ4n) is 2.97. The molecule has 1 aliphatic heterocycles. The normalized spacial score (nSPS) is 17.0. The average Bonchev–Trinajstić information content (AvgIpc) is 2.60. The number of rotatable bonds is 7. The number of hydrogen-bond acceptors (Lipinski definition) is 3. The molecule has 0 aliphatic carbocycles. The second-order valence-electron chi connectivity index (χ2n) is 6.83. The summed E-state index contributed by atoms with van der Waals surface area (Å²) in [6, 6.07) is 8.40. The van der Waals surface area contributed by atoms with Crippen molar-refractivity contribution < 1.29 is 9.47 Å². The van der Waals surface area contributed by atoms with Crippen molar-refractivity contribution in [1.29, 1.82) is 0 Å². The molecule has 3 N–H and O–H groups in total. The van der Waals surface area contributed by atoms with Gasteiger partial charge < -0.3 is 20.5 Å². The van der Waals surface area contributed by atoms with Crippen LogP contribution in [0.5, 0.6) is 5.75 Å². The first-order valence-electron chi connectivity index (χ1n) is 8.90. The Morgan fingerprint density at radius 2 is 1.92 bits per heavy atom. The standard InChI is InChI=1S/C19H31N3O2.HI/c1-4-24-17-7-5-16(6-8-17)19(9-11-23-12-10-19)14-22-18(20)21-13-15(2)3;/h5-8,15H,4,9-14H2,1-3H3,(H3,20,21,22);1H. The Kier molecular flexibility index (Phi) is 9.56. The van der Waals surface area contributed by atoms with Crippen LogP contribution in [-0.2, 0) is 10.2 Å².